The molecule has 0 unspecified atom stereocenters. The normalized spacial score (nSPS) is 11.8. The first-order chi connectivity index (χ1) is 8.68. The molecule has 1 atom stereocenters. The van der Waals surface area contributed by atoms with Crippen LogP contribution in [0.25, 0.3) is 0 Å². The summed E-state index contributed by atoms with van der Waals surface area (Å²) in [5, 5.41) is 3.31. The van der Waals surface area contributed by atoms with Crippen molar-refractivity contribution in [1.82, 2.24) is 5.32 Å². The minimum absolute atomic E-state index is 0.336. The first kappa shape index (κ1) is 12.5. The van der Waals surface area contributed by atoms with Gasteiger partial charge in [-0.05, 0) is 17.2 Å². The van der Waals surface area contributed by atoms with Gasteiger partial charge in [-0.1, -0.05) is 60.1 Å². The summed E-state index contributed by atoms with van der Waals surface area (Å²) in [6.45, 7) is 0. The molecule has 0 aromatic heterocycles. The molecular formula is C14H13ClN2O. The molecule has 92 valence electrons. The van der Waals surface area contributed by atoms with E-state index in [0.29, 0.717) is 5.02 Å². The van der Waals surface area contributed by atoms with Gasteiger partial charge >= 0.3 is 6.03 Å². The molecule has 0 heterocycles. The van der Waals surface area contributed by atoms with E-state index in [-0.39, 0.29) is 6.04 Å². The van der Waals surface area contributed by atoms with E-state index < -0.39 is 6.03 Å². The van der Waals surface area contributed by atoms with Crippen LogP contribution in [0.2, 0.25) is 5.02 Å². The zero-order valence-electron chi connectivity index (χ0n) is 9.64. The molecule has 3 N–H and O–H groups in total. The van der Waals surface area contributed by atoms with E-state index in [0.717, 1.165) is 11.1 Å². The summed E-state index contributed by atoms with van der Waals surface area (Å²) in [4.78, 5) is 11.1. The van der Waals surface area contributed by atoms with Crippen LogP contribution in [-0.2, 0) is 0 Å². The fraction of sp³-hybridized carbons (Fsp3) is 0.0714. The first-order valence-corrected chi connectivity index (χ1v) is 5.91. The number of rotatable bonds is 3. The van der Waals surface area contributed by atoms with Gasteiger partial charge in [0.1, 0.15) is 0 Å². The summed E-state index contributed by atoms with van der Waals surface area (Å²) < 4.78 is 0. The number of hydrogen-bond acceptors (Lipinski definition) is 1. The van der Waals surface area contributed by atoms with Crippen molar-refractivity contribution in [3.63, 3.8) is 0 Å². The van der Waals surface area contributed by atoms with Crippen molar-refractivity contribution in [1.29, 1.82) is 0 Å². The predicted molar refractivity (Wildman–Crippen MR) is 72.5 cm³/mol. The van der Waals surface area contributed by atoms with Crippen LogP contribution in [0.5, 0.6) is 0 Å². The molecule has 0 bridgehead atoms. The van der Waals surface area contributed by atoms with Crippen molar-refractivity contribution < 1.29 is 4.79 Å². The molecule has 0 fully saturated rings. The monoisotopic (exact) mass is 260 g/mol. The summed E-state index contributed by atoms with van der Waals surface area (Å²) in [6, 6.07) is 16.0. The molecule has 0 aliphatic heterocycles. The molecule has 2 aromatic carbocycles. The van der Waals surface area contributed by atoms with Gasteiger partial charge in [0.15, 0.2) is 0 Å². The standard InChI is InChI=1S/C14H13ClN2O/c15-12-9-5-4-8-11(12)13(17-14(16)18)10-6-2-1-3-7-10/h1-9,13H,(H3,16,17,18)/t13-/m1/s1. The Labute approximate surface area is 111 Å². The van der Waals surface area contributed by atoms with Crippen LogP contribution < -0.4 is 11.1 Å². The van der Waals surface area contributed by atoms with Crippen LogP contribution in [0.4, 0.5) is 4.79 Å². The van der Waals surface area contributed by atoms with Gasteiger partial charge in [0, 0.05) is 5.02 Å². The lowest BCUT2D eigenvalue weighted by molar-refractivity contribution is 0.247. The van der Waals surface area contributed by atoms with Gasteiger partial charge in [-0.15, -0.1) is 0 Å². The second-order valence-electron chi connectivity index (χ2n) is 3.87. The molecule has 3 nitrogen and oxygen atoms in total. The Kier molecular flexibility index (Phi) is 3.85. The number of amides is 2. The molecule has 0 aliphatic rings. The fourth-order valence-electron chi connectivity index (χ4n) is 1.84. The van der Waals surface area contributed by atoms with Crippen LogP contribution in [-0.4, -0.2) is 6.03 Å². The molecule has 0 radical (unpaired) electrons. The number of nitrogens with two attached hydrogens (primary N) is 1. The third-order valence-electron chi connectivity index (χ3n) is 2.64. The number of halogens is 1. The maximum Gasteiger partial charge on any atom is 0.312 e. The second-order valence-corrected chi connectivity index (χ2v) is 4.28. The molecule has 0 spiro atoms. The van der Waals surface area contributed by atoms with Crippen LogP contribution in [0.15, 0.2) is 54.6 Å². The highest BCUT2D eigenvalue weighted by atomic mass is 35.5. The van der Waals surface area contributed by atoms with Crippen molar-refractivity contribution in [2.75, 3.05) is 0 Å². The van der Waals surface area contributed by atoms with E-state index in [9.17, 15) is 4.79 Å². The minimum Gasteiger partial charge on any atom is -0.352 e. The van der Waals surface area contributed by atoms with Crippen LogP contribution in [0.3, 0.4) is 0 Å². The number of hydrogen-bond donors (Lipinski definition) is 2. The van der Waals surface area contributed by atoms with Crippen LogP contribution in [0, 0.1) is 0 Å². The number of urea groups is 1. The van der Waals surface area contributed by atoms with E-state index >= 15 is 0 Å². The summed E-state index contributed by atoms with van der Waals surface area (Å²) >= 11 is 6.16. The highest BCUT2D eigenvalue weighted by Crippen LogP contribution is 2.27. The van der Waals surface area contributed by atoms with Crippen molar-refractivity contribution >= 4 is 17.6 Å². The zero-order chi connectivity index (χ0) is 13.0. The Hall–Kier alpha value is -2.00. The number of primary amides is 1. The van der Waals surface area contributed by atoms with E-state index in [2.05, 4.69) is 5.32 Å². The Morgan fingerprint density at radius 1 is 1.06 bits per heavy atom. The average Bonchev–Trinajstić information content (AvgIpc) is 2.38. The maximum absolute atomic E-state index is 11.1. The van der Waals surface area contributed by atoms with Crippen molar-refractivity contribution in [3.8, 4) is 0 Å². The summed E-state index contributed by atoms with van der Waals surface area (Å²) in [6.07, 6.45) is 0. The van der Waals surface area contributed by atoms with Crippen molar-refractivity contribution in [2.45, 2.75) is 6.04 Å². The third-order valence-corrected chi connectivity index (χ3v) is 2.98. The SMILES string of the molecule is NC(=O)N[C@H](c1ccccc1)c1ccccc1Cl. The lowest BCUT2D eigenvalue weighted by atomic mass is 9.99. The first-order valence-electron chi connectivity index (χ1n) is 5.54. The van der Waals surface area contributed by atoms with Gasteiger partial charge in [-0.25, -0.2) is 4.79 Å². The topological polar surface area (TPSA) is 55.1 Å². The van der Waals surface area contributed by atoms with Crippen LogP contribution in [0.1, 0.15) is 17.2 Å². The quantitative estimate of drug-likeness (QED) is 0.875. The largest absolute Gasteiger partial charge is 0.352 e. The Balaban J connectivity index is 2.44. The zero-order valence-corrected chi connectivity index (χ0v) is 10.4. The molecule has 0 saturated carbocycles. The molecule has 0 saturated heterocycles. The average molecular weight is 261 g/mol. The Morgan fingerprint density at radius 2 is 1.67 bits per heavy atom. The van der Waals surface area contributed by atoms with E-state index in [4.69, 9.17) is 17.3 Å². The Bertz CT molecular complexity index is 543. The molecule has 0 aliphatic carbocycles. The molecule has 2 aromatic rings. The van der Waals surface area contributed by atoms with E-state index in [1.165, 1.54) is 0 Å². The third kappa shape index (κ3) is 2.81. The lowest BCUT2D eigenvalue weighted by Gasteiger charge is -2.19. The summed E-state index contributed by atoms with van der Waals surface area (Å²) in [5.41, 5.74) is 6.98. The van der Waals surface area contributed by atoms with Gasteiger partial charge in [0.2, 0.25) is 0 Å². The fourth-order valence-corrected chi connectivity index (χ4v) is 2.08. The smallest absolute Gasteiger partial charge is 0.312 e. The lowest BCUT2D eigenvalue weighted by Crippen LogP contribution is -2.33. The van der Waals surface area contributed by atoms with Gasteiger partial charge < -0.3 is 11.1 Å². The molecule has 4 heteroatoms. The summed E-state index contributed by atoms with van der Waals surface area (Å²) in [5.74, 6) is 0. The molecule has 18 heavy (non-hydrogen) atoms. The molecule has 2 rings (SSSR count). The molecule has 2 amide bonds. The second kappa shape index (κ2) is 5.56. The minimum atomic E-state index is -0.580. The maximum atomic E-state index is 11.1. The van der Waals surface area contributed by atoms with Crippen molar-refractivity contribution in [3.05, 3.63) is 70.7 Å². The van der Waals surface area contributed by atoms with Gasteiger partial charge in [0.25, 0.3) is 0 Å². The summed E-state index contributed by atoms with van der Waals surface area (Å²) in [7, 11) is 0. The highest BCUT2D eigenvalue weighted by Gasteiger charge is 2.17. The number of carbonyl (C=O) groups is 1. The Morgan fingerprint density at radius 3 is 2.28 bits per heavy atom. The van der Waals surface area contributed by atoms with Crippen LogP contribution >= 0.6 is 11.6 Å². The van der Waals surface area contributed by atoms with Gasteiger partial charge in [-0.3, -0.25) is 0 Å². The molecular weight excluding hydrogens is 248 g/mol. The van der Waals surface area contributed by atoms with Gasteiger partial charge in [0.05, 0.1) is 6.04 Å². The highest BCUT2D eigenvalue weighted by molar-refractivity contribution is 6.31. The van der Waals surface area contributed by atoms with Crippen molar-refractivity contribution in [2.24, 2.45) is 5.73 Å². The number of carbonyl (C=O) groups excluding carboxylic acids is 1. The predicted octanol–water partition coefficient (Wildman–Crippen LogP) is 3.10. The number of nitrogens with one attached hydrogen (secondary N) is 1. The van der Waals surface area contributed by atoms with E-state index in [1.54, 1.807) is 6.07 Å². The number of benzene rings is 2. The van der Waals surface area contributed by atoms with E-state index in [1.807, 2.05) is 48.5 Å². The van der Waals surface area contributed by atoms with Gasteiger partial charge in [-0.2, -0.15) is 0 Å².